The van der Waals surface area contributed by atoms with Crippen LogP contribution in [0.4, 0.5) is 18.9 Å². The molecule has 0 bridgehead atoms. The number of anilines is 1. The number of amidine groups is 1. The van der Waals surface area contributed by atoms with E-state index in [-0.39, 0.29) is 22.0 Å². The zero-order valence-electron chi connectivity index (χ0n) is 18.5. The summed E-state index contributed by atoms with van der Waals surface area (Å²) in [6.07, 6.45) is -2.76. The van der Waals surface area contributed by atoms with Crippen LogP contribution in [0.5, 0.6) is 0 Å². The summed E-state index contributed by atoms with van der Waals surface area (Å²) in [6, 6.07) is 18.2. The van der Waals surface area contributed by atoms with Gasteiger partial charge < -0.3 is 15.6 Å². The van der Waals surface area contributed by atoms with Gasteiger partial charge in [-0.3, -0.25) is 10.2 Å². The normalized spacial score (nSPS) is 11.3. The standard InChI is InChI=1S/C26H20ClF3N4O/c1-15-11-23(34(14-15)18-6-4-5-16(12-18)24(31)32)25(35)33-17-9-10-20(22(27)13-17)19-7-2-3-8-21(19)26(28,29)30/h2-14H,1H3,(H3,31,32)(H,33,35). The van der Waals surface area contributed by atoms with E-state index in [4.69, 9.17) is 22.7 Å². The summed E-state index contributed by atoms with van der Waals surface area (Å²) in [4.78, 5) is 13.1. The van der Waals surface area contributed by atoms with Crippen molar-refractivity contribution in [1.82, 2.24) is 4.57 Å². The van der Waals surface area contributed by atoms with Gasteiger partial charge in [-0.15, -0.1) is 0 Å². The van der Waals surface area contributed by atoms with E-state index < -0.39 is 17.6 Å². The molecular formula is C26H20ClF3N4O. The first kappa shape index (κ1) is 24.1. The van der Waals surface area contributed by atoms with E-state index in [9.17, 15) is 18.0 Å². The van der Waals surface area contributed by atoms with E-state index in [1.165, 1.54) is 36.4 Å². The topological polar surface area (TPSA) is 83.9 Å². The van der Waals surface area contributed by atoms with Crippen molar-refractivity contribution >= 4 is 29.0 Å². The minimum absolute atomic E-state index is 0.0438. The van der Waals surface area contributed by atoms with Gasteiger partial charge in [-0.25, -0.2) is 0 Å². The van der Waals surface area contributed by atoms with Crippen molar-refractivity contribution in [3.05, 3.63) is 106 Å². The summed E-state index contributed by atoms with van der Waals surface area (Å²) >= 11 is 6.34. The molecule has 0 aliphatic carbocycles. The maximum atomic E-state index is 13.4. The Kier molecular flexibility index (Phi) is 6.41. The van der Waals surface area contributed by atoms with E-state index in [2.05, 4.69) is 5.32 Å². The molecule has 0 unspecified atom stereocenters. The molecule has 35 heavy (non-hydrogen) atoms. The maximum Gasteiger partial charge on any atom is 0.417 e. The van der Waals surface area contributed by atoms with Crippen LogP contribution in [0.25, 0.3) is 16.8 Å². The number of aromatic nitrogens is 1. The molecule has 0 spiro atoms. The molecule has 178 valence electrons. The van der Waals surface area contributed by atoms with Gasteiger partial charge in [0.05, 0.1) is 10.6 Å². The number of benzene rings is 3. The van der Waals surface area contributed by atoms with Crippen LogP contribution in [0, 0.1) is 12.3 Å². The van der Waals surface area contributed by atoms with Gasteiger partial charge in [-0.2, -0.15) is 13.2 Å². The molecule has 0 aliphatic rings. The Morgan fingerprint density at radius 1 is 1.00 bits per heavy atom. The Morgan fingerprint density at radius 3 is 2.43 bits per heavy atom. The molecule has 0 fully saturated rings. The van der Waals surface area contributed by atoms with Crippen LogP contribution in [0.3, 0.4) is 0 Å². The molecule has 1 heterocycles. The molecule has 0 saturated heterocycles. The third kappa shape index (κ3) is 5.07. The second-order valence-corrected chi connectivity index (χ2v) is 8.34. The highest BCUT2D eigenvalue weighted by Crippen LogP contribution is 2.40. The molecule has 0 aliphatic heterocycles. The fourth-order valence-electron chi connectivity index (χ4n) is 3.78. The van der Waals surface area contributed by atoms with E-state index in [0.717, 1.165) is 11.6 Å². The Hall–Kier alpha value is -4.04. The number of amides is 1. The number of rotatable bonds is 5. The van der Waals surface area contributed by atoms with Gasteiger partial charge in [0.2, 0.25) is 0 Å². The molecule has 1 amide bonds. The highest BCUT2D eigenvalue weighted by Gasteiger charge is 2.33. The van der Waals surface area contributed by atoms with Crippen LogP contribution in [0.2, 0.25) is 5.02 Å². The van der Waals surface area contributed by atoms with E-state index >= 15 is 0 Å². The molecule has 0 radical (unpaired) electrons. The van der Waals surface area contributed by atoms with Crippen LogP contribution in [-0.2, 0) is 6.18 Å². The van der Waals surface area contributed by atoms with Crippen LogP contribution < -0.4 is 11.1 Å². The number of halogens is 4. The predicted octanol–water partition coefficient (Wildman–Crippen LogP) is 6.66. The lowest BCUT2D eigenvalue weighted by Gasteiger charge is -2.15. The molecule has 9 heteroatoms. The van der Waals surface area contributed by atoms with Gasteiger partial charge in [0.1, 0.15) is 11.5 Å². The highest BCUT2D eigenvalue weighted by molar-refractivity contribution is 6.33. The summed E-state index contributed by atoms with van der Waals surface area (Å²) in [6.45, 7) is 1.84. The van der Waals surface area contributed by atoms with Crippen molar-refractivity contribution in [1.29, 1.82) is 5.41 Å². The minimum Gasteiger partial charge on any atom is -0.384 e. The van der Waals surface area contributed by atoms with Gasteiger partial charge in [0.25, 0.3) is 5.91 Å². The second-order valence-electron chi connectivity index (χ2n) is 7.93. The van der Waals surface area contributed by atoms with Gasteiger partial charge in [-0.1, -0.05) is 48.0 Å². The van der Waals surface area contributed by atoms with Gasteiger partial charge >= 0.3 is 6.18 Å². The Bertz CT molecular complexity index is 1440. The summed E-state index contributed by atoms with van der Waals surface area (Å²) in [7, 11) is 0. The maximum absolute atomic E-state index is 13.4. The number of nitrogens with zero attached hydrogens (tertiary/aromatic N) is 1. The summed E-state index contributed by atoms with van der Waals surface area (Å²) in [5.41, 5.74) is 7.61. The Balaban J connectivity index is 1.64. The van der Waals surface area contributed by atoms with Crippen molar-refractivity contribution in [3.8, 4) is 16.8 Å². The molecular weight excluding hydrogens is 477 g/mol. The first-order valence-electron chi connectivity index (χ1n) is 10.5. The number of carbonyl (C=O) groups is 1. The fourth-order valence-corrected chi connectivity index (χ4v) is 4.06. The van der Waals surface area contributed by atoms with E-state index in [0.29, 0.717) is 22.6 Å². The summed E-state index contributed by atoms with van der Waals surface area (Å²) in [5, 5.41) is 10.5. The molecule has 0 atom stereocenters. The lowest BCUT2D eigenvalue weighted by Crippen LogP contribution is -2.17. The number of carbonyl (C=O) groups excluding carboxylic acids is 1. The lowest BCUT2D eigenvalue weighted by molar-refractivity contribution is -0.137. The number of nitrogen functional groups attached to an aromatic ring is 1. The number of nitrogens with one attached hydrogen (secondary N) is 2. The molecule has 4 rings (SSSR count). The van der Waals surface area contributed by atoms with Crippen LogP contribution in [0.1, 0.15) is 27.2 Å². The van der Waals surface area contributed by atoms with Gasteiger partial charge in [0, 0.05) is 28.7 Å². The largest absolute Gasteiger partial charge is 0.417 e. The van der Waals surface area contributed by atoms with Crippen molar-refractivity contribution in [2.45, 2.75) is 13.1 Å². The monoisotopic (exact) mass is 496 g/mol. The SMILES string of the molecule is Cc1cc(C(=O)Nc2ccc(-c3ccccc3C(F)(F)F)c(Cl)c2)n(-c2cccc(C(=N)N)c2)c1. The zero-order chi connectivity index (χ0) is 25.3. The predicted molar refractivity (Wildman–Crippen MR) is 131 cm³/mol. The number of alkyl halides is 3. The number of hydrogen-bond donors (Lipinski definition) is 3. The highest BCUT2D eigenvalue weighted by atomic mass is 35.5. The molecule has 5 nitrogen and oxygen atoms in total. The van der Waals surface area contributed by atoms with E-state index in [1.807, 2.05) is 6.92 Å². The average Bonchev–Trinajstić information content (AvgIpc) is 3.20. The summed E-state index contributed by atoms with van der Waals surface area (Å²) in [5.74, 6) is -0.533. The third-order valence-electron chi connectivity index (χ3n) is 5.37. The van der Waals surface area contributed by atoms with Crippen molar-refractivity contribution < 1.29 is 18.0 Å². The molecule has 4 aromatic rings. The first-order valence-corrected chi connectivity index (χ1v) is 10.8. The number of nitrogens with two attached hydrogens (primary N) is 1. The average molecular weight is 497 g/mol. The van der Waals surface area contributed by atoms with E-state index in [1.54, 1.807) is 41.1 Å². The number of hydrogen-bond acceptors (Lipinski definition) is 2. The minimum atomic E-state index is -4.53. The van der Waals surface area contributed by atoms with Gasteiger partial charge in [0.15, 0.2) is 0 Å². The molecule has 1 aromatic heterocycles. The smallest absolute Gasteiger partial charge is 0.384 e. The summed E-state index contributed by atoms with van der Waals surface area (Å²) < 4.78 is 42.0. The third-order valence-corrected chi connectivity index (χ3v) is 5.69. The Labute approximate surface area is 204 Å². The van der Waals surface area contributed by atoms with Crippen LogP contribution in [-0.4, -0.2) is 16.3 Å². The molecule has 4 N–H and O–H groups in total. The Morgan fingerprint density at radius 2 is 1.74 bits per heavy atom. The molecule has 3 aromatic carbocycles. The quantitative estimate of drug-likeness (QED) is 0.213. The van der Waals surface area contributed by atoms with Crippen molar-refractivity contribution in [2.24, 2.45) is 5.73 Å². The van der Waals surface area contributed by atoms with Crippen LogP contribution >= 0.6 is 11.6 Å². The second kappa shape index (κ2) is 9.31. The van der Waals surface area contributed by atoms with Crippen LogP contribution in [0.15, 0.2) is 79.0 Å². The zero-order valence-corrected chi connectivity index (χ0v) is 19.2. The molecule has 0 saturated carbocycles. The van der Waals surface area contributed by atoms with Gasteiger partial charge in [-0.05, 0) is 54.4 Å². The first-order chi connectivity index (χ1) is 16.5. The lowest BCUT2D eigenvalue weighted by atomic mass is 9.99. The van der Waals surface area contributed by atoms with Crippen molar-refractivity contribution in [2.75, 3.05) is 5.32 Å². The fraction of sp³-hybridized carbons (Fsp3) is 0.0769. The number of aryl methyl sites for hydroxylation is 1. The van der Waals surface area contributed by atoms with Crippen molar-refractivity contribution in [3.63, 3.8) is 0 Å².